The summed E-state index contributed by atoms with van der Waals surface area (Å²) in [6, 6.07) is 13.9. The summed E-state index contributed by atoms with van der Waals surface area (Å²) in [7, 11) is 0. The molecule has 0 aromatic heterocycles. The number of benzene rings is 2. The van der Waals surface area contributed by atoms with Gasteiger partial charge in [0.2, 0.25) is 0 Å². The second-order valence-electron chi connectivity index (χ2n) is 6.28. The van der Waals surface area contributed by atoms with E-state index >= 15 is 0 Å². The largest absolute Gasteiger partial charge is 0.346 e. The van der Waals surface area contributed by atoms with Crippen molar-refractivity contribution in [2.24, 2.45) is 0 Å². The number of piperazine rings is 1. The van der Waals surface area contributed by atoms with Crippen molar-refractivity contribution in [2.75, 3.05) is 31.5 Å². The van der Waals surface area contributed by atoms with E-state index < -0.39 is 0 Å². The number of hydrogen-bond donors (Lipinski definition) is 1. The molecule has 0 amide bonds. The fraction of sp³-hybridized carbons (Fsp3) is 0.316. The highest BCUT2D eigenvalue weighted by atomic mass is 35.5. The first-order valence-corrected chi connectivity index (χ1v) is 9.46. The van der Waals surface area contributed by atoms with Crippen LogP contribution in [0.2, 0.25) is 10.0 Å². The van der Waals surface area contributed by atoms with Gasteiger partial charge in [-0.1, -0.05) is 41.4 Å². The standard InChI is InChI=1S/C19H21Cl2N3S/c1-14-2-5-17(21)12-18(14)22-19(25)24-10-8-23(9-11-24)13-15-3-6-16(20)7-4-15/h2-7,12H,8-11,13H2,1H3,(H,22,25). The molecular weight excluding hydrogens is 373 g/mol. The molecule has 0 bridgehead atoms. The van der Waals surface area contributed by atoms with Crippen molar-refractivity contribution < 1.29 is 0 Å². The van der Waals surface area contributed by atoms with E-state index in [2.05, 4.69) is 27.2 Å². The van der Waals surface area contributed by atoms with Crippen LogP contribution in [0.1, 0.15) is 11.1 Å². The van der Waals surface area contributed by atoms with Crippen molar-refractivity contribution in [3.05, 3.63) is 63.6 Å². The Morgan fingerprint density at radius 1 is 1.00 bits per heavy atom. The van der Waals surface area contributed by atoms with Crippen LogP contribution in [0.15, 0.2) is 42.5 Å². The fourth-order valence-electron chi connectivity index (χ4n) is 2.88. The van der Waals surface area contributed by atoms with Crippen LogP contribution in [0.4, 0.5) is 5.69 Å². The third kappa shape index (κ3) is 5.08. The van der Waals surface area contributed by atoms with E-state index in [1.165, 1.54) is 5.56 Å². The van der Waals surface area contributed by atoms with Gasteiger partial charge in [-0.05, 0) is 54.5 Å². The first kappa shape index (κ1) is 18.5. The average molecular weight is 394 g/mol. The van der Waals surface area contributed by atoms with Gasteiger partial charge in [-0.3, -0.25) is 4.90 Å². The summed E-state index contributed by atoms with van der Waals surface area (Å²) in [4.78, 5) is 4.65. The normalized spacial score (nSPS) is 15.2. The second kappa shape index (κ2) is 8.37. The highest BCUT2D eigenvalue weighted by molar-refractivity contribution is 7.80. The zero-order valence-electron chi connectivity index (χ0n) is 14.1. The Kier molecular flexibility index (Phi) is 6.18. The molecule has 1 aliphatic rings. The summed E-state index contributed by atoms with van der Waals surface area (Å²) in [6.07, 6.45) is 0. The van der Waals surface area contributed by atoms with E-state index in [0.29, 0.717) is 5.02 Å². The average Bonchev–Trinajstić information content (AvgIpc) is 2.61. The number of nitrogens with one attached hydrogen (secondary N) is 1. The van der Waals surface area contributed by atoms with Crippen molar-refractivity contribution in [1.82, 2.24) is 9.80 Å². The van der Waals surface area contributed by atoms with E-state index in [9.17, 15) is 0 Å². The van der Waals surface area contributed by atoms with Crippen LogP contribution in [0.3, 0.4) is 0 Å². The Balaban J connectivity index is 1.52. The van der Waals surface area contributed by atoms with Gasteiger partial charge in [-0.15, -0.1) is 0 Å². The summed E-state index contributed by atoms with van der Waals surface area (Å²) in [5.74, 6) is 0. The molecule has 2 aromatic carbocycles. The topological polar surface area (TPSA) is 18.5 Å². The third-order valence-corrected chi connectivity index (χ3v) is 5.27. The molecule has 0 aliphatic carbocycles. The van der Waals surface area contributed by atoms with Gasteiger partial charge in [0.1, 0.15) is 0 Å². The van der Waals surface area contributed by atoms with E-state index in [1.54, 1.807) is 0 Å². The molecule has 1 N–H and O–H groups in total. The maximum atomic E-state index is 6.08. The number of anilines is 1. The van der Waals surface area contributed by atoms with Crippen LogP contribution in [-0.4, -0.2) is 41.1 Å². The second-order valence-corrected chi connectivity index (χ2v) is 7.54. The molecule has 2 aromatic rings. The molecule has 1 saturated heterocycles. The molecule has 0 radical (unpaired) electrons. The van der Waals surface area contributed by atoms with Gasteiger partial charge >= 0.3 is 0 Å². The van der Waals surface area contributed by atoms with Gasteiger partial charge in [0, 0.05) is 48.5 Å². The predicted molar refractivity (Wildman–Crippen MR) is 111 cm³/mol. The van der Waals surface area contributed by atoms with Gasteiger partial charge in [-0.2, -0.15) is 0 Å². The third-order valence-electron chi connectivity index (χ3n) is 4.42. The summed E-state index contributed by atoms with van der Waals surface area (Å²) in [5, 5.41) is 5.58. The van der Waals surface area contributed by atoms with Crippen molar-refractivity contribution in [3.63, 3.8) is 0 Å². The summed E-state index contributed by atoms with van der Waals surface area (Å²) >= 11 is 17.6. The van der Waals surface area contributed by atoms with E-state index in [1.807, 2.05) is 37.3 Å². The van der Waals surface area contributed by atoms with Gasteiger partial charge in [0.05, 0.1) is 0 Å². The smallest absolute Gasteiger partial charge is 0.173 e. The van der Waals surface area contributed by atoms with Crippen molar-refractivity contribution in [2.45, 2.75) is 13.5 Å². The van der Waals surface area contributed by atoms with Gasteiger partial charge in [0.15, 0.2) is 5.11 Å². The summed E-state index contributed by atoms with van der Waals surface area (Å²) in [6.45, 7) is 6.79. The summed E-state index contributed by atoms with van der Waals surface area (Å²) < 4.78 is 0. The van der Waals surface area contributed by atoms with E-state index in [0.717, 1.165) is 54.1 Å². The van der Waals surface area contributed by atoms with Crippen LogP contribution in [0.5, 0.6) is 0 Å². The molecule has 25 heavy (non-hydrogen) atoms. The van der Waals surface area contributed by atoms with Crippen LogP contribution in [-0.2, 0) is 6.54 Å². The zero-order valence-corrected chi connectivity index (χ0v) is 16.5. The first-order chi connectivity index (χ1) is 12.0. The fourth-order valence-corrected chi connectivity index (χ4v) is 3.47. The molecule has 6 heteroatoms. The monoisotopic (exact) mass is 393 g/mol. The highest BCUT2D eigenvalue weighted by Gasteiger charge is 2.19. The number of thiocarbonyl (C=S) groups is 1. The minimum atomic E-state index is 0.712. The molecule has 1 fully saturated rings. The molecule has 0 spiro atoms. The predicted octanol–water partition coefficient (Wildman–Crippen LogP) is 4.82. The summed E-state index contributed by atoms with van der Waals surface area (Å²) in [5.41, 5.74) is 3.39. The van der Waals surface area contributed by atoms with Crippen LogP contribution >= 0.6 is 35.4 Å². The molecule has 0 saturated carbocycles. The lowest BCUT2D eigenvalue weighted by molar-refractivity contribution is 0.177. The van der Waals surface area contributed by atoms with Crippen LogP contribution in [0.25, 0.3) is 0 Å². The maximum Gasteiger partial charge on any atom is 0.173 e. The number of hydrogen-bond acceptors (Lipinski definition) is 2. The first-order valence-electron chi connectivity index (χ1n) is 8.30. The Morgan fingerprint density at radius 2 is 1.64 bits per heavy atom. The Hall–Kier alpha value is -1.33. The molecule has 3 rings (SSSR count). The Morgan fingerprint density at radius 3 is 2.32 bits per heavy atom. The van der Waals surface area contributed by atoms with Crippen molar-refractivity contribution >= 4 is 46.2 Å². The van der Waals surface area contributed by atoms with Crippen LogP contribution < -0.4 is 5.32 Å². The van der Waals surface area contributed by atoms with Gasteiger partial charge in [-0.25, -0.2) is 0 Å². The van der Waals surface area contributed by atoms with E-state index in [-0.39, 0.29) is 0 Å². The SMILES string of the molecule is Cc1ccc(Cl)cc1NC(=S)N1CCN(Cc2ccc(Cl)cc2)CC1. The molecule has 132 valence electrons. The van der Waals surface area contributed by atoms with Crippen molar-refractivity contribution in [1.29, 1.82) is 0 Å². The zero-order chi connectivity index (χ0) is 17.8. The molecular formula is C19H21Cl2N3S. The minimum Gasteiger partial charge on any atom is -0.346 e. The number of nitrogens with zero attached hydrogens (tertiary/aromatic N) is 2. The highest BCUT2D eigenvalue weighted by Crippen LogP contribution is 2.21. The number of rotatable bonds is 3. The quantitative estimate of drug-likeness (QED) is 0.753. The van der Waals surface area contributed by atoms with Crippen LogP contribution in [0, 0.1) is 6.92 Å². The Labute approximate surface area is 164 Å². The van der Waals surface area contributed by atoms with Gasteiger partial charge < -0.3 is 10.2 Å². The van der Waals surface area contributed by atoms with Gasteiger partial charge in [0.25, 0.3) is 0 Å². The molecule has 3 nitrogen and oxygen atoms in total. The maximum absolute atomic E-state index is 6.08. The molecule has 1 aliphatic heterocycles. The minimum absolute atomic E-state index is 0.712. The lowest BCUT2D eigenvalue weighted by Gasteiger charge is -2.36. The molecule has 0 unspecified atom stereocenters. The molecule has 0 atom stereocenters. The lowest BCUT2D eigenvalue weighted by atomic mass is 10.2. The molecule has 1 heterocycles. The number of aryl methyl sites for hydroxylation is 1. The number of halogens is 2. The van der Waals surface area contributed by atoms with Crippen molar-refractivity contribution in [3.8, 4) is 0 Å². The Bertz CT molecular complexity index is 741. The van der Waals surface area contributed by atoms with E-state index in [4.69, 9.17) is 35.4 Å². The lowest BCUT2D eigenvalue weighted by Crippen LogP contribution is -2.49.